The van der Waals surface area contributed by atoms with Gasteiger partial charge in [-0.2, -0.15) is 0 Å². The molecular weight excluding hydrogens is 238 g/mol. The van der Waals surface area contributed by atoms with Crippen LogP contribution in [-0.2, 0) is 6.54 Å². The zero-order valence-electron chi connectivity index (χ0n) is 10.9. The lowest BCUT2D eigenvalue weighted by atomic mass is 10.2. The van der Waals surface area contributed by atoms with E-state index in [2.05, 4.69) is 25.3 Å². The van der Waals surface area contributed by atoms with E-state index < -0.39 is 0 Å². The number of hydrogen-bond donors (Lipinski definition) is 2. The van der Waals surface area contributed by atoms with E-state index in [-0.39, 0.29) is 0 Å². The van der Waals surface area contributed by atoms with Crippen molar-refractivity contribution in [1.82, 2.24) is 25.3 Å². The number of nitrogens with one attached hydrogen (secondary N) is 2. The maximum Gasteiger partial charge on any atom is 0.161 e. The molecule has 0 atom stereocenters. The van der Waals surface area contributed by atoms with E-state index in [0.29, 0.717) is 0 Å². The fraction of sp³-hybridized carbons (Fsp3) is 0.214. The van der Waals surface area contributed by atoms with Gasteiger partial charge in [0.15, 0.2) is 5.82 Å². The predicted octanol–water partition coefficient (Wildman–Crippen LogP) is 2.05. The van der Waals surface area contributed by atoms with Gasteiger partial charge >= 0.3 is 0 Å². The molecule has 0 radical (unpaired) electrons. The van der Waals surface area contributed by atoms with Crippen molar-refractivity contribution in [3.05, 3.63) is 42.0 Å². The Morgan fingerprint density at radius 1 is 1.21 bits per heavy atom. The van der Waals surface area contributed by atoms with Crippen molar-refractivity contribution in [1.29, 1.82) is 0 Å². The number of aromatic amines is 1. The van der Waals surface area contributed by atoms with Crippen molar-refractivity contribution < 1.29 is 0 Å². The fourth-order valence-corrected chi connectivity index (χ4v) is 2.25. The average Bonchev–Trinajstić information content (AvgIpc) is 2.84. The van der Waals surface area contributed by atoms with Crippen molar-refractivity contribution in [3.63, 3.8) is 0 Å². The molecule has 3 aromatic heterocycles. The molecule has 0 aliphatic heterocycles. The third kappa shape index (κ3) is 2.08. The van der Waals surface area contributed by atoms with Crippen molar-refractivity contribution >= 4 is 11.0 Å². The molecule has 0 fully saturated rings. The lowest BCUT2D eigenvalue weighted by molar-refractivity contribution is 0.822. The molecule has 0 aliphatic carbocycles. The number of rotatable bonds is 3. The molecule has 19 heavy (non-hydrogen) atoms. The van der Waals surface area contributed by atoms with Gasteiger partial charge in [-0.15, -0.1) is 0 Å². The van der Waals surface area contributed by atoms with Crippen molar-refractivity contribution in [2.75, 3.05) is 7.05 Å². The molecule has 96 valence electrons. The maximum atomic E-state index is 4.60. The molecular formula is C14H15N5. The number of fused-ring (bicyclic) bond motifs is 1. The highest BCUT2D eigenvalue weighted by Gasteiger charge is 2.11. The van der Waals surface area contributed by atoms with E-state index in [4.69, 9.17) is 0 Å². The van der Waals surface area contributed by atoms with Crippen LogP contribution in [0.3, 0.4) is 0 Å². The Balaban J connectivity index is 2.16. The molecule has 5 heteroatoms. The van der Waals surface area contributed by atoms with Crippen LogP contribution in [-0.4, -0.2) is 27.0 Å². The van der Waals surface area contributed by atoms with Crippen LogP contribution in [0.5, 0.6) is 0 Å². The van der Waals surface area contributed by atoms with Crippen LogP contribution in [0.25, 0.3) is 22.4 Å². The SMILES string of the molecule is CNCc1c[nH]c2nc(-c3ccncc3)nc(C)c12. The van der Waals surface area contributed by atoms with Gasteiger partial charge in [0.1, 0.15) is 5.65 Å². The summed E-state index contributed by atoms with van der Waals surface area (Å²) in [4.78, 5) is 16.4. The Morgan fingerprint density at radius 2 is 2.00 bits per heavy atom. The van der Waals surface area contributed by atoms with E-state index in [9.17, 15) is 0 Å². The first-order chi connectivity index (χ1) is 9.29. The molecule has 3 heterocycles. The molecule has 0 saturated carbocycles. The van der Waals surface area contributed by atoms with Gasteiger partial charge in [0.05, 0.1) is 5.69 Å². The summed E-state index contributed by atoms with van der Waals surface area (Å²) in [5.41, 5.74) is 4.04. The van der Waals surface area contributed by atoms with E-state index >= 15 is 0 Å². The highest BCUT2D eigenvalue weighted by atomic mass is 15.0. The van der Waals surface area contributed by atoms with Gasteiger partial charge in [0.25, 0.3) is 0 Å². The first-order valence-corrected chi connectivity index (χ1v) is 6.19. The van der Waals surface area contributed by atoms with Crippen molar-refractivity contribution in [2.24, 2.45) is 0 Å². The molecule has 0 aromatic carbocycles. The van der Waals surface area contributed by atoms with Crippen LogP contribution in [0.2, 0.25) is 0 Å². The molecule has 5 nitrogen and oxygen atoms in total. The summed E-state index contributed by atoms with van der Waals surface area (Å²) in [5, 5.41) is 4.26. The van der Waals surface area contributed by atoms with Gasteiger partial charge in [-0.3, -0.25) is 4.98 Å². The minimum absolute atomic E-state index is 0.727. The number of hydrogen-bond acceptors (Lipinski definition) is 4. The highest BCUT2D eigenvalue weighted by Crippen LogP contribution is 2.23. The Bertz CT molecular complexity index is 702. The molecule has 2 N–H and O–H groups in total. The summed E-state index contributed by atoms with van der Waals surface area (Å²) in [5.74, 6) is 0.727. The molecule has 0 amide bonds. The topological polar surface area (TPSA) is 66.5 Å². The van der Waals surface area contributed by atoms with Gasteiger partial charge < -0.3 is 10.3 Å². The van der Waals surface area contributed by atoms with Gasteiger partial charge in [0.2, 0.25) is 0 Å². The van der Waals surface area contributed by atoms with Crippen LogP contribution in [0.15, 0.2) is 30.7 Å². The molecule has 3 aromatic rings. The Hall–Kier alpha value is -2.27. The zero-order valence-corrected chi connectivity index (χ0v) is 10.9. The lowest BCUT2D eigenvalue weighted by Crippen LogP contribution is -2.05. The summed E-state index contributed by atoms with van der Waals surface area (Å²) in [7, 11) is 1.93. The Labute approximate surface area is 111 Å². The predicted molar refractivity (Wildman–Crippen MR) is 74.6 cm³/mol. The minimum Gasteiger partial charge on any atom is -0.346 e. The van der Waals surface area contributed by atoms with Gasteiger partial charge in [-0.25, -0.2) is 9.97 Å². The second kappa shape index (κ2) is 4.78. The van der Waals surface area contributed by atoms with E-state index in [1.165, 1.54) is 5.56 Å². The fourth-order valence-electron chi connectivity index (χ4n) is 2.25. The Morgan fingerprint density at radius 3 is 2.74 bits per heavy atom. The molecule has 0 saturated heterocycles. The first kappa shape index (κ1) is 11.8. The molecule has 3 rings (SSSR count). The quantitative estimate of drug-likeness (QED) is 0.749. The average molecular weight is 253 g/mol. The lowest BCUT2D eigenvalue weighted by Gasteiger charge is -2.04. The Kier molecular flexibility index (Phi) is 2.97. The number of aromatic nitrogens is 4. The van der Waals surface area contributed by atoms with E-state index in [0.717, 1.165) is 34.7 Å². The molecule has 0 unspecified atom stereocenters. The summed E-state index contributed by atoms with van der Waals surface area (Å²) in [6.45, 7) is 2.82. The number of nitrogens with zero attached hydrogens (tertiary/aromatic N) is 3. The van der Waals surface area contributed by atoms with Crippen molar-refractivity contribution in [2.45, 2.75) is 13.5 Å². The largest absolute Gasteiger partial charge is 0.346 e. The van der Waals surface area contributed by atoms with Gasteiger partial charge in [-0.05, 0) is 31.7 Å². The van der Waals surface area contributed by atoms with E-state index in [1.54, 1.807) is 12.4 Å². The highest BCUT2D eigenvalue weighted by molar-refractivity contribution is 5.83. The van der Waals surface area contributed by atoms with Gasteiger partial charge in [0, 0.05) is 36.1 Å². The molecule has 0 bridgehead atoms. The van der Waals surface area contributed by atoms with Crippen molar-refractivity contribution in [3.8, 4) is 11.4 Å². The summed E-state index contributed by atoms with van der Waals surface area (Å²) >= 11 is 0. The smallest absolute Gasteiger partial charge is 0.161 e. The zero-order chi connectivity index (χ0) is 13.2. The van der Waals surface area contributed by atoms with Crippen LogP contribution in [0.1, 0.15) is 11.3 Å². The first-order valence-electron chi connectivity index (χ1n) is 6.19. The van der Waals surface area contributed by atoms with Crippen LogP contribution >= 0.6 is 0 Å². The maximum absolute atomic E-state index is 4.60. The van der Waals surface area contributed by atoms with Crippen LogP contribution in [0, 0.1) is 6.92 Å². The van der Waals surface area contributed by atoms with Crippen LogP contribution < -0.4 is 5.32 Å². The third-order valence-corrected chi connectivity index (χ3v) is 3.10. The standard InChI is InChI=1S/C14H15N5/c1-9-12-11(7-15-2)8-17-14(12)19-13(18-9)10-3-5-16-6-4-10/h3-6,8,15H,7H2,1-2H3,(H,17,18,19). The second-order valence-corrected chi connectivity index (χ2v) is 4.44. The number of H-pyrrole nitrogens is 1. The monoisotopic (exact) mass is 253 g/mol. The van der Waals surface area contributed by atoms with E-state index in [1.807, 2.05) is 32.3 Å². The normalized spacial score (nSPS) is 11.1. The second-order valence-electron chi connectivity index (χ2n) is 4.44. The summed E-state index contributed by atoms with van der Waals surface area (Å²) in [6.07, 6.45) is 5.48. The molecule has 0 spiro atoms. The third-order valence-electron chi connectivity index (χ3n) is 3.10. The summed E-state index contributed by atoms with van der Waals surface area (Å²) in [6, 6.07) is 3.83. The number of pyridine rings is 1. The number of aryl methyl sites for hydroxylation is 1. The van der Waals surface area contributed by atoms with Gasteiger partial charge in [-0.1, -0.05) is 0 Å². The molecule has 0 aliphatic rings. The minimum atomic E-state index is 0.727. The summed E-state index contributed by atoms with van der Waals surface area (Å²) < 4.78 is 0. The van der Waals surface area contributed by atoms with Crippen LogP contribution in [0.4, 0.5) is 0 Å².